The highest BCUT2D eigenvalue weighted by atomic mass is 16.2. The van der Waals surface area contributed by atoms with Crippen LogP contribution in [-0.4, -0.2) is 56.8 Å². The summed E-state index contributed by atoms with van der Waals surface area (Å²) in [6.07, 6.45) is 6.47. The molecule has 0 bridgehead atoms. The third-order valence-electron chi connectivity index (χ3n) is 5.07. The number of likely N-dealkylation sites (tertiary alicyclic amines) is 1. The second-order valence-corrected chi connectivity index (χ2v) is 7.36. The number of allylic oxidation sites excluding steroid dienone is 1. The Morgan fingerprint density at radius 1 is 1.30 bits per heavy atom. The Hall–Kier alpha value is -3.72. The highest BCUT2D eigenvalue weighted by molar-refractivity contribution is 6.10. The van der Waals surface area contributed by atoms with Gasteiger partial charge in [0.05, 0.1) is 18.1 Å². The Labute approximate surface area is 173 Å². The normalized spacial score (nSPS) is 16.2. The van der Waals surface area contributed by atoms with Crippen molar-refractivity contribution in [3.63, 3.8) is 0 Å². The number of hydrogen-bond acceptors (Lipinski definition) is 7. The lowest BCUT2D eigenvalue weighted by atomic mass is 10.1. The Bertz CT molecular complexity index is 1140. The molecule has 1 aliphatic heterocycles. The summed E-state index contributed by atoms with van der Waals surface area (Å²) in [5.41, 5.74) is 21.9. The number of rotatable bonds is 5. The maximum atomic E-state index is 12.3. The molecule has 1 atom stereocenters. The fourth-order valence-corrected chi connectivity index (χ4v) is 3.36. The van der Waals surface area contributed by atoms with E-state index in [0.717, 1.165) is 16.8 Å². The summed E-state index contributed by atoms with van der Waals surface area (Å²) in [7, 11) is 0. The van der Waals surface area contributed by atoms with Crippen molar-refractivity contribution in [2.24, 2.45) is 16.5 Å². The Balaban J connectivity index is 1.55. The summed E-state index contributed by atoms with van der Waals surface area (Å²) < 4.78 is 1.74. The molecular formula is C21H24N8O. The van der Waals surface area contributed by atoms with Crippen LogP contribution in [0.25, 0.3) is 22.5 Å². The summed E-state index contributed by atoms with van der Waals surface area (Å²) in [6, 6.07) is 8.98. The average molecular weight is 404 g/mol. The second kappa shape index (κ2) is 7.96. The first-order valence-corrected chi connectivity index (χ1v) is 9.66. The van der Waals surface area contributed by atoms with Crippen LogP contribution in [0.3, 0.4) is 0 Å². The number of hydrogen-bond donors (Lipinski definition) is 3. The van der Waals surface area contributed by atoms with Crippen molar-refractivity contribution in [1.29, 1.82) is 0 Å². The molecule has 1 aliphatic rings. The minimum Gasteiger partial charge on any atom is -0.404 e. The number of carbonyl (C=O) groups is 1. The number of nitrogens with zero attached hydrogens (tertiary/aromatic N) is 5. The number of amides is 1. The molecule has 1 unspecified atom stereocenters. The number of fused-ring (bicyclic) bond motifs is 1. The van der Waals surface area contributed by atoms with Crippen molar-refractivity contribution in [1.82, 2.24) is 19.5 Å². The molecule has 0 aliphatic carbocycles. The molecule has 9 heteroatoms. The van der Waals surface area contributed by atoms with Crippen LogP contribution in [0.5, 0.6) is 0 Å². The Morgan fingerprint density at radius 2 is 2.10 bits per heavy atom. The maximum absolute atomic E-state index is 12.3. The zero-order valence-electron chi connectivity index (χ0n) is 16.6. The van der Waals surface area contributed by atoms with Crippen LogP contribution in [0.15, 0.2) is 53.9 Å². The SMILES string of the molecule is CC(N=CC(=CN)c1cnn2c(-c3cccc(N)c3)cnc2c1)C(=O)N1CC(N)C1. The smallest absolute Gasteiger partial charge is 0.247 e. The van der Waals surface area contributed by atoms with E-state index in [1.54, 1.807) is 34.9 Å². The highest BCUT2D eigenvalue weighted by Gasteiger charge is 2.30. The number of nitrogen functional groups attached to an aromatic ring is 1. The van der Waals surface area contributed by atoms with Crippen LogP contribution in [0.1, 0.15) is 12.5 Å². The molecule has 1 saturated heterocycles. The van der Waals surface area contributed by atoms with E-state index in [2.05, 4.69) is 15.1 Å². The first kappa shape index (κ1) is 19.6. The van der Waals surface area contributed by atoms with Crippen LogP contribution in [0.4, 0.5) is 5.69 Å². The van der Waals surface area contributed by atoms with Gasteiger partial charge in [0.25, 0.3) is 0 Å². The lowest BCUT2D eigenvalue weighted by Gasteiger charge is -2.37. The van der Waals surface area contributed by atoms with Gasteiger partial charge >= 0.3 is 0 Å². The van der Waals surface area contributed by atoms with E-state index >= 15 is 0 Å². The summed E-state index contributed by atoms with van der Waals surface area (Å²) in [4.78, 5) is 22.8. The van der Waals surface area contributed by atoms with Gasteiger partial charge in [0.2, 0.25) is 5.91 Å². The van der Waals surface area contributed by atoms with E-state index in [1.807, 2.05) is 30.3 Å². The number of benzene rings is 1. The van der Waals surface area contributed by atoms with E-state index in [9.17, 15) is 4.79 Å². The standard InChI is InChI=1S/C21H24N8O/c1-13(21(30)28-11-18(24)12-28)25-8-16(7-22)15-6-20-26-10-19(29(20)27-9-15)14-3-2-4-17(23)5-14/h2-10,13,18H,11-12,22-24H2,1H3. The van der Waals surface area contributed by atoms with Gasteiger partial charge in [-0.05, 0) is 25.1 Å². The van der Waals surface area contributed by atoms with Crippen LogP contribution in [0, 0.1) is 0 Å². The molecule has 1 amide bonds. The molecule has 2 aromatic heterocycles. The van der Waals surface area contributed by atoms with Crippen LogP contribution < -0.4 is 17.2 Å². The molecule has 3 heterocycles. The van der Waals surface area contributed by atoms with Crippen molar-refractivity contribution >= 4 is 29.0 Å². The van der Waals surface area contributed by atoms with Gasteiger partial charge in [-0.3, -0.25) is 9.79 Å². The summed E-state index contributed by atoms with van der Waals surface area (Å²) >= 11 is 0. The highest BCUT2D eigenvalue weighted by Crippen LogP contribution is 2.23. The molecule has 1 fully saturated rings. The maximum Gasteiger partial charge on any atom is 0.247 e. The number of aliphatic imine (C=N–C) groups is 1. The number of anilines is 1. The van der Waals surface area contributed by atoms with Crippen molar-refractivity contribution < 1.29 is 4.79 Å². The predicted octanol–water partition coefficient (Wildman–Crippen LogP) is 0.907. The molecule has 1 aromatic carbocycles. The number of nitrogens with two attached hydrogens (primary N) is 3. The minimum absolute atomic E-state index is 0.0436. The molecular weight excluding hydrogens is 380 g/mol. The molecule has 9 nitrogen and oxygen atoms in total. The van der Waals surface area contributed by atoms with Crippen LogP contribution in [0.2, 0.25) is 0 Å². The molecule has 0 saturated carbocycles. The lowest BCUT2D eigenvalue weighted by Crippen LogP contribution is -2.59. The van der Waals surface area contributed by atoms with E-state index < -0.39 is 6.04 Å². The molecule has 30 heavy (non-hydrogen) atoms. The fourth-order valence-electron chi connectivity index (χ4n) is 3.36. The first-order chi connectivity index (χ1) is 14.5. The summed E-state index contributed by atoms with van der Waals surface area (Å²) in [5, 5.41) is 4.50. The molecule has 0 spiro atoms. The van der Waals surface area contributed by atoms with E-state index in [1.165, 1.54) is 6.20 Å². The van der Waals surface area contributed by atoms with E-state index in [-0.39, 0.29) is 11.9 Å². The Kier molecular flexibility index (Phi) is 5.20. The topological polar surface area (TPSA) is 141 Å². The van der Waals surface area contributed by atoms with Crippen LogP contribution in [-0.2, 0) is 4.79 Å². The van der Waals surface area contributed by atoms with E-state index in [0.29, 0.717) is 30.0 Å². The van der Waals surface area contributed by atoms with Crippen LogP contribution >= 0.6 is 0 Å². The van der Waals surface area contributed by atoms with Gasteiger partial charge < -0.3 is 22.1 Å². The van der Waals surface area contributed by atoms with Gasteiger partial charge in [0.1, 0.15) is 6.04 Å². The zero-order chi connectivity index (χ0) is 21.3. The van der Waals surface area contributed by atoms with Gasteiger partial charge in [-0.25, -0.2) is 9.50 Å². The van der Waals surface area contributed by atoms with Gasteiger partial charge in [0, 0.05) is 53.9 Å². The van der Waals surface area contributed by atoms with Crippen molar-refractivity contribution in [3.05, 3.63) is 54.5 Å². The van der Waals surface area contributed by atoms with Gasteiger partial charge in [0.15, 0.2) is 5.65 Å². The molecule has 3 aromatic rings. The molecule has 6 N–H and O–H groups in total. The fraction of sp³-hybridized carbons (Fsp3) is 0.238. The third kappa shape index (κ3) is 3.74. The first-order valence-electron chi connectivity index (χ1n) is 9.66. The number of aromatic nitrogens is 3. The minimum atomic E-state index is -0.509. The van der Waals surface area contributed by atoms with Crippen molar-refractivity contribution in [2.45, 2.75) is 19.0 Å². The van der Waals surface area contributed by atoms with Gasteiger partial charge in [-0.1, -0.05) is 12.1 Å². The average Bonchev–Trinajstić information content (AvgIpc) is 3.14. The summed E-state index contributed by atoms with van der Waals surface area (Å²) in [6.45, 7) is 2.91. The van der Waals surface area contributed by atoms with Crippen molar-refractivity contribution in [2.75, 3.05) is 18.8 Å². The largest absolute Gasteiger partial charge is 0.404 e. The quantitative estimate of drug-likeness (QED) is 0.426. The third-order valence-corrected chi connectivity index (χ3v) is 5.07. The van der Waals surface area contributed by atoms with Gasteiger partial charge in [-0.2, -0.15) is 5.10 Å². The van der Waals surface area contributed by atoms with E-state index in [4.69, 9.17) is 17.2 Å². The molecule has 154 valence electrons. The molecule has 0 radical (unpaired) electrons. The van der Waals surface area contributed by atoms with Crippen molar-refractivity contribution in [3.8, 4) is 11.3 Å². The summed E-state index contributed by atoms with van der Waals surface area (Å²) in [5.74, 6) is -0.0436. The number of imidazole rings is 1. The second-order valence-electron chi connectivity index (χ2n) is 7.36. The zero-order valence-corrected chi connectivity index (χ0v) is 16.6. The van der Waals surface area contributed by atoms with Gasteiger partial charge in [-0.15, -0.1) is 0 Å². The predicted molar refractivity (Wildman–Crippen MR) is 118 cm³/mol. The monoisotopic (exact) mass is 404 g/mol. The number of carbonyl (C=O) groups excluding carboxylic acids is 1. The molecule has 4 rings (SSSR count). The lowest BCUT2D eigenvalue weighted by molar-refractivity contribution is -0.136. The Morgan fingerprint density at radius 3 is 2.80 bits per heavy atom.